The number of H-pyrrole nitrogens is 1. The van der Waals surface area contributed by atoms with Gasteiger partial charge in [-0.3, -0.25) is 14.8 Å². The minimum atomic E-state index is -4.73. The summed E-state index contributed by atoms with van der Waals surface area (Å²) in [5.41, 5.74) is -2.58. The van der Waals surface area contributed by atoms with Gasteiger partial charge in [0.05, 0.1) is 19.3 Å². The lowest BCUT2D eigenvalue weighted by Crippen LogP contribution is -2.38. The third-order valence-electron chi connectivity index (χ3n) is 6.54. The summed E-state index contributed by atoms with van der Waals surface area (Å²) < 4.78 is 58.0. The molecule has 0 aliphatic carbocycles. The molecule has 1 saturated heterocycles. The number of amides is 1. The number of hydrogen-bond donors (Lipinski definition) is 1. The maximum Gasteiger partial charge on any atom is 0.433 e. The molecular formula is C27H34ClF3N4O5. The first kappa shape index (κ1) is 31.4. The van der Waals surface area contributed by atoms with E-state index in [9.17, 15) is 22.8 Å². The number of benzene rings is 1. The zero-order valence-corrected chi connectivity index (χ0v) is 23.7. The Morgan fingerprint density at radius 1 is 1.15 bits per heavy atom. The Morgan fingerprint density at radius 2 is 1.80 bits per heavy atom. The summed E-state index contributed by atoms with van der Waals surface area (Å²) in [6, 6.07) is 6.51. The van der Waals surface area contributed by atoms with E-state index in [-0.39, 0.29) is 41.3 Å². The molecule has 1 N–H and O–H groups in total. The maximum atomic E-state index is 13.9. The standard InChI is InChI=1S/C27H33F3N4O5.ClH/c1-17(2)39-25(36)20-15-34(16-26(3,4)21-22(20)31-32-23(21)27(28,29)30)24(35)18-5-7-19(8-6-18)38-14-11-33-9-12-37-13-10-33;/h5-8,15,17H,9-14,16H2,1-4H3,(H,31,32);1H. The summed E-state index contributed by atoms with van der Waals surface area (Å²) in [6.07, 6.45) is -4.03. The number of carbonyl (C=O) groups excluding carboxylic acids is 2. The van der Waals surface area contributed by atoms with Crippen molar-refractivity contribution in [3.63, 3.8) is 0 Å². The summed E-state index contributed by atoms with van der Waals surface area (Å²) >= 11 is 0. The van der Waals surface area contributed by atoms with E-state index in [4.69, 9.17) is 14.2 Å². The van der Waals surface area contributed by atoms with Crippen molar-refractivity contribution in [3.05, 3.63) is 53.0 Å². The summed E-state index contributed by atoms with van der Waals surface area (Å²) in [4.78, 5) is 30.0. The van der Waals surface area contributed by atoms with Crippen LogP contribution >= 0.6 is 12.4 Å². The molecule has 4 rings (SSSR count). The van der Waals surface area contributed by atoms with Gasteiger partial charge in [-0.25, -0.2) is 4.79 Å². The number of fused-ring (bicyclic) bond motifs is 1. The number of aromatic amines is 1. The Morgan fingerprint density at radius 3 is 2.40 bits per heavy atom. The highest BCUT2D eigenvalue weighted by molar-refractivity contribution is 6.17. The first-order valence-corrected chi connectivity index (χ1v) is 12.8. The lowest BCUT2D eigenvalue weighted by Gasteiger charge is -2.30. The van der Waals surface area contributed by atoms with Crippen molar-refractivity contribution < 1.29 is 37.0 Å². The minimum Gasteiger partial charge on any atom is -0.492 e. The largest absolute Gasteiger partial charge is 0.492 e. The van der Waals surface area contributed by atoms with Crippen LogP contribution in [0.15, 0.2) is 30.5 Å². The van der Waals surface area contributed by atoms with E-state index >= 15 is 0 Å². The molecule has 0 saturated carbocycles. The van der Waals surface area contributed by atoms with Crippen molar-refractivity contribution in [2.24, 2.45) is 0 Å². The van der Waals surface area contributed by atoms with Gasteiger partial charge >= 0.3 is 12.1 Å². The third kappa shape index (κ3) is 7.15. The molecule has 0 unspecified atom stereocenters. The van der Waals surface area contributed by atoms with Crippen LogP contribution in [0.2, 0.25) is 0 Å². The Balaban J connectivity index is 0.00000441. The first-order valence-electron chi connectivity index (χ1n) is 12.8. The van der Waals surface area contributed by atoms with Gasteiger partial charge < -0.3 is 19.1 Å². The molecular weight excluding hydrogens is 553 g/mol. The molecule has 3 heterocycles. The first-order chi connectivity index (χ1) is 18.4. The van der Waals surface area contributed by atoms with Gasteiger partial charge in [0, 0.05) is 48.9 Å². The topological polar surface area (TPSA) is 97.0 Å². The monoisotopic (exact) mass is 586 g/mol. The van der Waals surface area contributed by atoms with Gasteiger partial charge in [0.1, 0.15) is 29.3 Å². The smallest absolute Gasteiger partial charge is 0.433 e. The average Bonchev–Trinajstić information content (AvgIpc) is 3.29. The van der Waals surface area contributed by atoms with E-state index in [1.165, 1.54) is 11.1 Å². The van der Waals surface area contributed by atoms with Crippen molar-refractivity contribution in [2.45, 2.75) is 45.4 Å². The molecule has 2 aromatic rings. The molecule has 13 heteroatoms. The highest BCUT2D eigenvalue weighted by Gasteiger charge is 2.46. The van der Waals surface area contributed by atoms with Crippen molar-refractivity contribution in [1.82, 2.24) is 20.0 Å². The Kier molecular flexibility index (Phi) is 9.91. The molecule has 0 radical (unpaired) electrons. The van der Waals surface area contributed by atoms with Crippen LogP contribution in [0.25, 0.3) is 5.57 Å². The Bertz CT molecular complexity index is 1220. The quantitative estimate of drug-likeness (QED) is 0.484. The second-order valence-electron chi connectivity index (χ2n) is 10.5. The van der Waals surface area contributed by atoms with Crippen LogP contribution < -0.4 is 4.74 Å². The summed E-state index contributed by atoms with van der Waals surface area (Å²) in [6.45, 7) is 10.6. The molecule has 2 aliphatic heterocycles. The van der Waals surface area contributed by atoms with Crippen LogP contribution in [0.4, 0.5) is 13.2 Å². The number of nitrogens with zero attached hydrogens (tertiary/aromatic N) is 3. The van der Waals surface area contributed by atoms with Gasteiger partial charge in [-0.2, -0.15) is 18.3 Å². The van der Waals surface area contributed by atoms with E-state index in [1.807, 2.05) is 5.10 Å². The molecule has 9 nitrogen and oxygen atoms in total. The molecule has 0 atom stereocenters. The number of aromatic nitrogens is 2. The molecule has 1 fully saturated rings. The minimum absolute atomic E-state index is 0. The number of hydrogen-bond acceptors (Lipinski definition) is 7. The number of carbonyl (C=O) groups is 2. The number of esters is 1. The lowest BCUT2D eigenvalue weighted by molar-refractivity contribution is -0.142. The van der Waals surface area contributed by atoms with Gasteiger partial charge in [0.2, 0.25) is 0 Å². The SMILES string of the molecule is CC(C)OC(=O)C1=CN(C(=O)c2ccc(OCCN3CCOCC3)cc2)CC(C)(C)c2c1n[nH]c2C(F)(F)F.Cl. The zero-order chi connectivity index (χ0) is 28.4. The van der Waals surface area contributed by atoms with Crippen molar-refractivity contribution in [1.29, 1.82) is 0 Å². The maximum absolute atomic E-state index is 13.9. The molecule has 40 heavy (non-hydrogen) atoms. The van der Waals surface area contributed by atoms with Gasteiger partial charge in [-0.15, -0.1) is 12.4 Å². The fraction of sp³-hybridized carbons (Fsp3) is 0.519. The fourth-order valence-corrected chi connectivity index (χ4v) is 4.70. The zero-order valence-electron chi connectivity index (χ0n) is 22.8. The van der Waals surface area contributed by atoms with E-state index in [2.05, 4.69) is 10.00 Å². The highest BCUT2D eigenvalue weighted by Crippen LogP contribution is 2.42. The number of halogens is 4. The lowest BCUT2D eigenvalue weighted by atomic mass is 9.81. The van der Waals surface area contributed by atoms with Gasteiger partial charge in [-0.05, 0) is 38.1 Å². The predicted octanol–water partition coefficient (Wildman–Crippen LogP) is 4.29. The Hall–Kier alpha value is -3.09. The van der Waals surface area contributed by atoms with Gasteiger partial charge in [0.25, 0.3) is 5.91 Å². The highest BCUT2D eigenvalue weighted by atomic mass is 35.5. The third-order valence-corrected chi connectivity index (χ3v) is 6.54. The van der Waals surface area contributed by atoms with Gasteiger partial charge in [-0.1, -0.05) is 13.8 Å². The Labute approximate surface area is 237 Å². The number of ether oxygens (including phenoxy) is 3. The summed E-state index contributed by atoms with van der Waals surface area (Å²) in [5, 5.41) is 5.90. The summed E-state index contributed by atoms with van der Waals surface area (Å²) in [5.74, 6) is -0.769. The molecule has 1 amide bonds. The average molecular weight is 587 g/mol. The van der Waals surface area contributed by atoms with Crippen LogP contribution in [0.5, 0.6) is 5.75 Å². The second kappa shape index (κ2) is 12.6. The number of alkyl halides is 3. The second-order valence-corrected chi connectivity index (χ2v) is 10.5. The van der Waals surface area contributed by atoms with E-state index in [1.54, 1.807) is 52.0 Å². The number of rotatable bonds is 7. The van der Waals surface area contributed by atoms with Crippen LogP contribution in [-0.4, -0.2) is 84.0 Å². The summed E-state index contributed by atoms with van der Waals surface area (Å²) in [7, 11) is 0. The van der Waals surface area contributed by atoms with Crippen molar-refractivity contribution >= 4 is 29.9 Å². The van der Waals surface area contributed by atoms with E-state index < -0.39 is 35.3 Å². The van der Waals surface area contributed by atoms with Crippen LogP contribution in [0, 0.1) is 0 Å². The molecule has 220 valence electrons. The van der Waals surface area contributed by atoms with E-state index in [0.717, 1.165) is 19.6 Å². The van der Waals surface area contributed by atoms with Crippen LogP contribution in [0.3, 0.4) is 0 Å². The molecule has 0 bridgehead atoms. The molecule has 1 aromatic carbocycles. The number of morpholine rings is 1. The normalized spacial score (nSPS) is 17.4. The fourth-order valence-electron chi connectivity index (χ4n) is 4.70. The van der Waals surface area contributed by atoms with Gasteiger partial charge in [0.15, 0.2) is 0 Å². The van der Waals surface area contributed by atoms with E-state index in [0.29, 0.717) is 25.6 Å². The molecule has 0 spiro atoms. The predicted molar refractivity (Wildman–Crippen MR) is 143 cm³/mol. The number of nitrogens with one attached hydrogen (secondary N) is 1. The molecule has 2 aliphatic rings. The van der Waals surface area contributed by atoms with Crippen LogP contribution in [-0.2, 0) is 25.9 Å². The molecule has 1 aromatic heterocycles. The van der Waals surface area contributed by atoms with Crippen molar-refractivity contribution in [2.75, 3.05) is 46.0 Å². The van der Waals surface area contributed by atoms with Crippen LogP contribution in [0.1, 0.15) is 55.0 Å². The van der Waals surface area contributed by atoms with Crippen molar-refractivity contribution in [3.8, 4) is 5.75 Å².